The average Bonchev–Trinajstić information content (AvgIpc) is 2.55. The Kier molecular flexibility index (Phi) is 6.08. The molecule has 1 heterocycles. The number of benzene rings is 1. The quantitative estimate of drug-likeness (QED) is 0.737. The second-order valence-corrected chi connectivity index (χ2v) is 5.48. The number of piperidine rings is 1. The zero-order valence-corrected chi connectivity index (χ0v) is 13.2. The normalized spacial score (nSPS) is 15.1. The van der Waals surface area contributed by atoms with E-state index in [2.05, 4.69) is 15.5 Å². The smallest absolute Gasteiger partial charge is 0.315 e. The highest BCUT2D eigenvalue weighted by molar-refractivity contribution is 5.75. The van der Waals surface area contributed by atoms with E-state index in [4.69, 9.17) is 9.84 Å². The van der Waals surface area contributed by atoms with Gasteiger partial charge in [-0.2, -0.15) is 0 Å². The zero-order valence-electron chi connectivity index (χ0n) is 13.2. The van der Waals surface area contributed by atoms with Crippen molar-refractivity contribution < 1.29 is 19.4 Å². The Morgan fingerprint density at radius 2 is 2.00 bits per heavy atom. The standard InChI is InChI=1S/C16H23N3O4/c1-23-14-5-3-2-4-13(14)19-10-7-12(8-11-19)18-16(22)17-9-6-15(20)21/h2-5,12H,6-11H2,1H3,(H,20,21)(H2,17,18,22). The van der Waals surface area contributed by atoms with Gasteiger partial charge in [-0.15, -0.1) is 0 Å². The molecule has 2 rings (SSSR count). The molecule has 0 aliphatic carbocycles. The van der Waals surface area contributed by atoms with E-state index in [1.807, 2.05) is 24.3 Å². The van der Waals surface area contributed by atoms with E-state index < -0.39 is 5.97 Å². The van der Waals surface area contributed by atoms with Gasteiger partial charge in [-0.1, -0.05) is 12.1 Å². The van der Waals surface area contributed by atoms with Gasteiger partial charge in [-0.25, -0.2) is 4.79 Å². The summed E-state index contributed by atoms with van der Waals surface area (Å²) in [4.78, 5) is 24.4. The number of hydrogen-bond donors (Lipinski definition) is 3. The molecule has 126 valence electrons. The van der Waals surface area contributed by atoms with Crippen molar-refractivity contribution in [1.82, 2.24) is 10.6 Å². The van der Waals surface area contributed by atoms with Crippen LogP contribution in [-0.4, -0.2) is 49.9 Å². The minimum Gasteiger partial charge on any atom is -0.495 e. The summed E-state index contributed by atoms with van der Waals surface area (Å²) in [5.74, 6) is -0.0688. The van der Waals surface area contributed by atoms with Crippen molar-refractivity contribution >= 4 is 17.7 Å². The fourth-order valence-corrected chi connectivity index (χ4v) is 2.68. The number of anilines is 1. The first-order valence-corrected chi connectivity index (χ1v) is 7.74. The van der Waals surface area contributed by atoms with E-state index in [0.29, 0.717) is 0 Å². The number of hydrogen-bond acceptors (Lipinski definition) is 4. The number of aliphatic carboxylic acids is 1. The number of para-hydroxylation sites is 2. The molecule has 0 radical (unpaired) electrons. The Hall–Kier alpha value is -2.44. The Morgan fingerprint density at radius 3 is 2.65 bits per heavy atom. The van der Waals surface area contributed by atoms with Crippen molar-refractivity contribution in [2.75, 3.05) is 31.6 Å². The largest absolute Gasteiger partial charge is 0.495 e. The summed E-state index contributed by atoms with van der Waals surface area (Å²) in [6, 6.07) is 7.70. The minimum absolute atomic E-state index is 0.0698. The maximum Gasteiger partial charge on any atom is 0.315 e. The molecular formula is C16H23N3O4. The summed E-state index contributed by atoms with van der Waals surface area (Å²) in [5, 5.41) is 14.0. The molecule has 0 unspecified atom stereocenters. The van der Waals surface area contributed by atoms with Crippen LogP contribution < -0.4 is 20.3 Å². The van der Waals surface area contributed by atoms with Crippen LogP contribution in [0.3, 0.4) is 0 Å². The summed E-state index contributed by atoms with van der Waals surface area (Å²) < 4.78 is 5.38. The summed E-state index contributed by atoms with van der Waals surface area (Å²) in [6.07, 6.45) is 1.61. The van der Waals surface area contributed by atoms with Gasteiger partial charge in [0.2, 0.25) is 0 Å². The lowest BCUT2D eigenvalue weighted by Crippen LogP contribution is -2.48. The van der Waals surface area contributed by atoms with Gasteiger partial charge < -0.3 is 25.4 Å². The second kappa shape index (κ2) is 8.26. The van der Waals surface area contributed by atoms with Crippen molar-refractivity contribution in [3.63, 3.8) is 0 Å². The summed E-state index contributed by atoms with van der Waals surface area (Å²) in [5.41, 5.74) is 1.07. The highest BCUT2D eigenvalue weighted by atomic mass is 16.5. The SMILES string of the molecule is COc1ccccc1N1CCC(NC(=O)NCCC(=O)O)CC1. The van der Waals surface area contributed by atoms with Gasteiger partial charge in [0.1, 0.15) is 5.75 Å². The first kappa shape index (κ1) is 16.9. The number of nitrogens with zero attached hydrogens (tertiary/aromatic N) is 1. The van der Waals surface area contributed by atoms with Gasteiger partial charge in [0.15, 0.2) is 0 Å². The first-order valence-electron chi connectivity index (χ1n) is 7.74. The summed E-state index contributed by atoms with van der Waals surface area (Å²) in [6.45, 7) is 1.81. The van der Waals surface area contributed by atoms with Crippen LogP contribution >= 0.6 is 0 Å². The van der Waals surface area contributed by atoms with E-state index in [9.17, 15) is 9.59 Å². The number of urea groups is 1. The maximum absolute atomic E-state index is 11.7. The topological polar surface area (TPSA) is 90.9 Å². The molecule has 0 atom stereocenters. The van der Waals surface area contributed by atoms with Gasteiger partial charge >= 0.3 is 12.0 Å². The highest BCUT2D eigenvalue weighted by Crippen LogP contribution is 2.29. The fourth-order valence-electron chi connectivity index (χ4n) is 2.68. The maximum atomic E-state index is 11.7. The summed E-state index contributed by atoms with van der Waals surface area (Å²) in [7, 11) is 1.66. The molecule has 1 aromatic rings. The van der Waals surface area contributed by atoms with Crippen molar-refractivity contribution in [3.05, 3.63) is 24.3 Å². The van der Waals surface area contributed by atoms with Gasteiger partial charge in [0, 0.05) is 25.7 Å². The van der Waals surface area contributed by atoms with Crippen LogP contribution in [0.5, 0.6) is 5.75 Å². The number of rotatable bonds is 6. The van der Waals surface area contributed by atoms with E-state index in [0.717, 1.165) is 37.4 Å². The number of amides is 2. The third-order valence-corrected chi connectivity index (χ3v) is 3.88. The fraction of sp³-hybridized carbons (Fsp3) is 0.500. The molecule has 7 nitrogen and oxygen atoms in total. The molecule has 3 N–H and O–H groups in total. The second-order valence-electron chi connectivity index (χ2n) is 5.48. The Labute approximate surface area is 135 Å². The minimum atomic E-state index is -0.921. The number of carboxylic acid groups (broad SMARTS) is 1. The summed E-state index contributed by atoms with van der Waals surface area (Å²) >= 11 is 0. The average molecular weight is 321 g/mol. The molecular weight excluding hydrogens is 298 g/mol. The van der Waals surface area contributed by atoms with Gasteiger partial charge in [-0.3, -0.25) is 4.79 Å². The molecule has 1 fully saturated rings. The zero-order chi connectivity index (χ0) is 16.7. The Bertz CT molecular complexity index is 542. The van der Waals surface area contributed by atoms with Crippen LogP contribution in [0.25, 0.3) is 0 Å². The van der Waals surface area contributed by atoms with Crippen molar-refractivity contribution in [3.8, 4) is 5.75 Å². The molecule has 0 bridgehead atoms. The lowest BCUT2D eigenvalue weighted by atomic mass is 10.0. The van der Waals surface area contributed by atoms with Gasteiger partial charge in [-0.05, 0) is 25.0 Å². The van der Waals surface area contributed by atoms with Crippen LogP contribution in [0.15, 0.2) is 24.3 Å². The molecule has 23 heavy (non-hydrogen) atoms. The highest BCUT2D eigenvalue weighted by Gasteiger charge is 2.22. The van der Waals surface area contributed by atoms with E-state index in [1.165, 1.54) is 0 Å². The number of methoxy groups -OCH3 is 1. The van der Waals surface area contributed by atoms with Crippen LogP contribution in [0, 0.1) is 0 Å². The van der Waals surface area contributed by atoms with Crippen molar-refractivity contribution in [1.29, 1.82) is 0 Å². The predicted octanol–water partition coefficient (Wildman–Crippen LogP) is 1.44. The van der Waals surface area contributed by atoms with Crippen LogP contribution in [0.4, 0.5) is 10.5 Å². The number of nitrogens with one attached hydrogen (secondary N) is 2. The Balaban J connectivity index is 1.77. The van der Waals surface area contributed by atoms with Gasteiger partial charge in [0.05, 0.1) is 19.2 Å². The van der Waals surface area contributed by atoms with E-state index in [-0.39, 0.29) is 25.0 Å². The van der Waals surface area contributed by atoms with Crippen LogP contribution in [0.1, 0.15) is 19.3 Å². The number of carbonyl (C=O) groups is 2. The molecule has 1 aliphatic rings. The predicted molar refractivity (Wildman–Crippen MR) is 87.0 cm³/mol. The lowest BCUT2D eigenvalue weighted by molar-refractivity contribution is -0.136. The molecule has 0 saturated carbocycles. The molecule has 0 aromatic heterocycles. The molecule has 2 amide bonds. The monoisotopic (exact) mass is 321 g/mol. The molecule has 1 saturated heterocycles. The third kappa shape index (κ3) is 5.05. The molecule has 1 aliphatic heterocycles. The first-order chi connectivity index (χ1) is 11.1. The van der Waals surface area contributed by atoms with E-state index >= 15 is 0 Å². The van der Waals surface area contributed by atoms with Gasteiger partial charge in [0.25, 0.3) is 0 Å². The third-order valence-electron chi connectivity index (χ3n) is 3.88. The number of ether oxygens (including phenoxy) is 1. The van der Waals surface area contributed by atoms with Crippen molar-refractivity contribution in [2.24, 2.45) is 0 Å². The Morgan fingerprint density at radius 1 is 1.30 bits per heavy atom. The van der Waals surface area contributed by atoms with Crippen LogP contribution in [-0.2, 0) is 4.79 Å². The molecule has 0 spiro atoms. The van der Waals surface area contributed by atoms with Crippen LogP contribution in [0.2, 0.25) is 0 Å². The molecule has 1 aromatic carbocycles. The lowest BCUT2D eigenvalue weighted by Gasteiger charge is -2.34. The number of carbonyl (C=O) groups excluding carboxylic acids is 1. The van der Waals surface area contributed by atoms with Crippen molar-refractivity contribution in [2.45, 2.75) is 25.3 Å². The molecule has 7 heteroatoms. The van der Waals surface area contributed by atoms with E-state index in [1.54, 1.807) is 7.11 Å². The number of carboxylic acids is 1.